The van der Waals surface area contributed by atoms with Crippen molar-refractivity contribution >= 4 is 21.8 Å². The third kappa shape index (κ3) is 3.25. The SMILES string of the molecule is Cc1ccc(C(=O)N(C)Cc2ccccc2Br)cc1F. The molecule has 2 nitrogen and oxygen atoms in total. The minimum absolute atomic E-state index is 0.195. The predicted octanol–water partition coefficient (Wildman–Crippen LogP) is 4.17. The van der Waals surface area contributed by atoms with Crippen molar-refractivity contribution in [3.63, 3.8) is 0 Å². The average molecular weight is 336 g/mol. The Kier molecular flexibility index (Phi) is 4.55. The van der Waals surface area contributed by atoms with Crippen molar-refractivity contribution in [3.8, 4) is 0 Å². The van der Waals surface area contributed by atoms with E-state index in [1.165, 1.54) is 6.07 Å². The maximum Gasteiger partial charge on any atom is 0.253 e. The molecule has 0 atom stereocenters. The van der Waals surface area contributed by atoms with Gasteiger partial charge >= 0.3 is 0 Å². The summed E-state index contributed by atoms with van der Waals surface area (Å²) in [5.74, 6) is -0.551. The third-order valence-electron chi connectivity index (χ3n) is 3.13. The molecule has 104 valence electrons. The minimum atomic E-state index is -0.356. The lowest BCUT2D eigenvalue weighted by Crippen LogP contribution is -2.26. The Hall–Kier alpha value is -1.68. The largest absolute Gasteiger partial charge is 0.337 e. The molecular weight excluding hydrogens is 321 g/mol. The lowest BCUT2D eigenvalue weighted by Gasteiger charge is -2.18. The highest BCUT2D eigenvalue weighted by Gasteiger charge is 2.14. The highest BCUT2D eigenvalue weighted by atomic mass is 79.9. The Morgan fingerprint density at radius 1 is 1.25 bits per heavy atom. The molecular formula is C16H15BrFNO. The van der Waals surface area contributed by atoms with Crippen molar-refractivity contribution in [1.29, 1.82) is 0 Å². The second-order valence-corrected chi connectivity index (χ2v) is 5.57. The van der Waals surface area contributed by atoms with Crippen molar-refractivity contribution in [1.82, 2.24) is 4.90 Å². The molecule has 0 aromatic heterocycles. The minimum Gasteiger partial charge on any atom is -0.337 e. The molecule has 2 aromatic rings. The molecule has 0 heterocycles. The van der Waals surface area contributed by atoms with Gasteiger partial charge in [0.25, 0.3) is 5.91 Å². The van der Waals surface area contributed by atoms with Gasteiger partial charge in [0.15, 0.2) is 0 Å². The van der Waals surface area contributed by atoms with E-state index in [-0.39, 0.29) is 11.7 Å². The molecule has 1 amide bonds. The van der Waals surface area contributed by atoms with Gasteiger partial charge in [0.1, 0.15) is 5.82 Å². The van der Waals surface area contributed by atoms with Gasteiger partial charge in [-0.25, -0.2) is 4.39 Å². The first kappa shape index (κ1) is 14.7. The van der Waals surface area contributed by atoms with Crippen LogP contribution in [0.1, 0.15) is 21.5 Å². The van der Waals surface area contributed by atoms with Gasteiger partial charge in [0, 0.05) is 23.6 Å². The van der Waals surface area contributed by atoms with Crippen molar-refractivity contribution in [3.05, 3.63) is 69.4 Å². The molecule has 0 fully saturated rings. The van der Waals surface area contributed by atoms with Crippen molar-refractivity contribution < 1.29 is 9.18 Å². The maximum atomic E-state index is 13.5. The summed E-state index contributed by atoms with van der Waals surface area (Å²) in [7, 11) is 1.71. The molecule has 4 heteroatoms. The summed E-state index contributed by atoms with van der Waals surface area (Å²) in [6.45, 7) is 2.14. The van der Waals surface area contributed by atoms with Crippen LogP contribution in [0.15, 0.2) is 46.9 Å². The fraction of sp³-hybridized carbons (Fsp3) is 0.188. The van der Waals surface area contributed by atoms with Crippen molar-refractivity contribution in [2.45, 2.75) is 13.5 Å². The first-order chi connectivity index (χ1) is 9.49. The first-order valence-electron chi connectivity index (χ1n) is 6.24. The molecule has 0 bridgehead atoms. The summed E-state index contributed by atoms with van der Waals surface area (Å²) in [6, 6.07) is 12.3. The molecule has 0 aliphatic rings. The summed E-state index contributed by atoms with van der Waals surface area (Å²) in [5, 5.41) is 0. The molecule has 0 aliphatic heterocycles. The normalized spacial score (nSPS) is 10.4. The van der Waals surface area contributed by atoms with Crippen LogP contribution >= 0.6 is 15.9 Å². The topological polar surface area (TPSA) is 20.3 Å². The number of halogens is 2. The van der Waals surface area contributed by atoms with E-state index in [4.69, 9.17) is 0 Å². The van der Waals surface area contributed by atoms with E-state index in [0.29, 0.717) is 17.7 Å². The molecule has 0 N–H and O–H groups in total. The van der Waals surface area contributed by atoms with Gasteiger partial charge in [-0.3, -0.25) is 4.79 Å². The van der Waals surface area contributed by atoms with Crippen LogP contribution in [0.3, 0.4) is 0 Å². The number of amides is 1. The average Bonchev–Trinajstić information content (AvgIpc) is 2.43. The number of hydrogen-bond donors (Lipinski definition) is 0. The molecule has 0 spiro atoms. The summed E-state index contributed by atoms with van der Waals surface area (Å²) in [5.41, 5.74) is 1.91. The molecule has 0 saturated heterocycles. The second kappa shape index (κ2) is 6.18. The first-order valence-corrected chi connectivity index (χ1v) is 7.03. The number of hydrogen-bond acceptors (Lipinski definition) is 1. The Bertz CT molecular complexity index is 642. The van der Waals surface area contributed by atoms with E-state index in [1.807, 2.05) is 24.3 Å². The standard InChI is InChI=1S/C16H15BrFNO/c1-11-7-8-12(9-15(11)18)16(20)19(2)10-13-5-3-4-6-14(13)17/h3-9H,10H2,1-2H3. The van der Waals surface area contributed by atoms with Crippen molar-refractivity contribution in [2.75, 3.05) is 7.05 Å². The van der Waals surface area contributed by atoms with Crippen LogP contribution in [-0.4, -0.2) is 17.9 Å². The maximum absolute atomic E-state index is 13.5. The number of carbonyl (C=O) groups is 1. The number of rotatable bonds is 3. The van der Waals surface area contributed by atoms with Crippen LogP contribution in [-0.2, 0) is 6.54 Å². The Labute approximate surface area is 126 Å². The highest BCUT2D eigenvalue weighted by Crippen LogP contribution is 2.18. The summed E-state index contributed by atoms with van der Waals surface area (Å²) < 4.78 is 14.5. The van der Waals surface area contributed by atoms with Gasteiger partial charge < -0.3 is 4.90 Å². The predicted molar refractivity (Wildman–Crippen MR) is 81.1 cm³/mol. The Balaban J connectivity index is 2.16. The van der Waals surface area contributed by atoms with Crippen LogP contribution < -0.4 is 0 Å². The van der Waals surface area contributed by atoms with Crippen LogP contribution in [0.25, 0.3) is 0 Å². The smallest absolute Gasteiger partial charge is 0.253 e. The fourth-order valence-electron chi connectivity index (χ4n) is 1.90. The van der Waals surface area contributed by atoms with Crippen LogP contribution in [0, 0.1) is 12.7 Å². The summed E-state index contributed by atoms with van der Waals surface area (Å²) in [6.07, 6.45) is 0. The van der Waals surface area contributed by atoms with E-state index in [0.717, 1.165) is 10.0 Å². The zero-order valence-corrected chi connectivity index (χ0v) is 12.9. The Morgan fingerprint density at radius 3 is 2.60 bits per heavy atom. The van der Waals surface area contributed by atoms with Gasteiger partial charge in [-0.2, -0.15) is 0 Å². The van der Waals surface area contributed by atoms with E-state index in [9.17, 15) is 9.18 Å². The van der Waals surface area contributed by atoms with E-state index in [1.54, 1.807) is 31.0 Å². The van der Waals surface area contributed by atoms with Gasteiger partial charge in [-0.1, -0.05) is 40.2 Å². The lowest BCUT2D eigenvalue weighted by atomic mass is 10.1. The molecule has 2 rings (SSSR count). The summed E-state index contributed by atoms with van der Waals surface area (Å²) in [4.78, 5) is 13.8. The van der Waals surface area contributed by atoms with E-state index >= 15 is 0 Å². The quantitative estimate of drug-likeness (QED) is 0.824. The second-order valence-electron chi connectivity index (χ2n) is 4.72. The van der Waals surface area contributed by atoms with Crippen LogP contribution in [0.2, 0.25) is 0 Å². The number of carbonyl (C=O) groups excluding carboxylic acids is 1. The molecule has 0 unspecified atom stereocenters. The zero-order chi connectivity index (χ0) is 14.7. The molecule has 0 aliphatic carbocycles. The summed E-state index contributed by atoms with van der Waals surface area (Å²) >= 11 is 3.45. The lowest BCUT2D eigenvalue weighted by molar-refractivity contribution is 0.0784. The number of aryl methyl sites for hydroxylation is 1. The molecule has 0 radical (unpaired) electrons. The molecule has 0 saturated carbocycles. The number of benzene rings is 2. The van der Waals surface area contributed by atoms with Crippen LogP contribution in [0.4, 0.5) is 4.39 Å². The third-order valence-corrected chi connectivity index (χ3v) is 3.90. The van der Waals surface area contributed by atoms with Gasteiger partial charge in [0.2, 0.25) is 0 Å². The Morgan fingerprint density at radius 2 is 1.95 bits per heavy atom. The highest BCUT2D eigenvalue weighted by molar-refractivity contribution is 9.10. The van der Waals surface area contributed by atoms with Crippen molar-refractivity contribution in [2.24, 2.45) is 0 Å². The van der Waals surface area contributed by atoms with Gasteiger partial charge in [-0.15, -0.1) is 0 Å². The molecule has 2 aromatic carbocycles. The van der Waals surface area contributed by atoms with E-state index in [2.05, 4.69) is 15.9 Å². The fourth-order valence-corrected chi connectivity index (χ4v) is 2.31. The molecule has 20 heavy (non-hydrogen) atoms. The van der Waals surface area contributed by atoms with Gasteiger partial charge in [-0.05, 0) is 36.2 Å². The van der Waals surface area contributed by atoms with Gasteiger partial charge in [0.05, 0.1) is 0 Å². The number of nitrogens with zero attached hydrogens (tertiary/aromatic N) is 1. The van der Waals surface area contributed by atoms with E-state index < -0.39 is 0 Å². The monoisotopic (exact) mass is 335 g/mol. The van der Waals surface area contributed by atoms with Crippen LogP contribution in [0.5, 0.6) is 0 Å². The zero-order valence-electron chi connectivity index (χ0n) is 11.4.